The predicted octanol–water partition coefficient (Wildman–Crippen LogP) is 2.47. The zero-order valence-electron chi connectivity index (χ0n) is 16.7. The molecule has 0 spiro atoms. The zero-order chi connectivity index (χ0) is 20.0. The first kappa shape index (κ1) is 18.4. The summed E-state index contributed by atoms with van der Waals surface area (Å²) in [4.78, 5) is 20.6. The van der Waals surface area contributed by atoms with Crippen LogP contribution in [-0.2, 0) is 20.0 Å². The molecule has 0 radical (unpaired) electrons. The van der Waals surface area contributed by atoms with Crippen LogP contribution in [0.5, 0.6) is 0 Å². The Bertz CT molecular complexity index is 1060. The van der Waals surface area contributed by atoms with Gasteiger partial charge in [0.05, 0.1) is 16.8 Å². The summed E-state index contributed by atoms with van der Waals surface area (Å²) >= 11 is 0. The van der Waals surface area contributed by atoms with Crippen molar-refractivity contribution in [1.82, 2.24) is 19.7 Å². The first-order valence-corrected chi connectivity index (χ1v) is 9.40. The van der Waals surface area contributed by atoms with E-state index in [9.17, 15) is 9.90 Å². The monoisotopic (exact) mass is 379 g/mol. The molecule has 1 aliphatic rings. The Morgan fingerprint density at radius 2 is 2.00 bits per heavy atom. The average molecular weight is 379 g/mol. The van der Waals surface area contributed by atoms with E-state index in [1.807, 2.05) is 21.0 Å². The second kappa shape index (κ2) is 6.91. The molecule has 2 aromatic heterocycles. The fourth-order valence-corrected chi connectivity index (χ4v) is 4.28. The van der Waals surface area contributed by atoms with E-state index in [2.05, 4.69) is 51.2 Å². The van der Waals surface area contributed by atoms with Gasteiger partial charge in [-0.05, 0) is 31.5 Å². The number of hydrogen-bond donors (Lipinski definition) is 1. The number of fused-ring (bicyclic) bond motifs is 2. The number of aryl methyl sites for hydroxylation is 2. The molecule has 3 aromatic rings. The van der Waals surface area contributed by atoms with E-state index in [-0.39, 0.29) is 5.56 Å². The molecule has 1 aliphatic heterocycles. The summed E-state index contributed by atoms with van der Waals surface area (Å²) in [5.41, 5.74) is 5.13. The number of carboxylic acid groups (broad SMARTS) is 1. The van der Waals surface area contributed by atoms with E-state index in [0.29, 0.717) is 17.4 Å². The topological polar surface area (TPSA) is 74.5 Å². The van der Waals surface area contributed by atoms with Crippen molar-refractivity contribution in [3.63, 3.8) is 0 Å². The van der Waals surface area contributed by atoms with Crippen LogP contribution in [0.25, 0.3) is 11.0 Å². The molecular weight excluding hydrogens is 354 g/mol. The minimum absolute atomic E-state index is 0.213. The Kier molecular flexibility index (Phi) is 4.55. The number of aromatic nitrogens is 3. The van der Waals surface area contributed by atoms with Gasteiger partial charge in [-0.2, -0.15) is 5.10 Å². The summed E-state index contributed by atoms with van der Waals surface area (Å²) in [5, 5.41) is 15.0. The third kappa shape index (κ3) is 3.01. The second-order valence-electron chi connectivity index (χ2n) is 7.66. The first-order chi connectivity index (χ1) is 13.4. The fraction of sp³-hybridized carbons (Fsp3) is 0.381. The number of benzene rings is 1. The van der Waals surface area contributed by atoms with Crippen molar-refractivity contribution in [2.45, 2.75) is 25.9 Å². The Hall–Kier alpha value is -2.93. The molecule has 146 valence electrons. The maximum Gasteiger partial charge on any atom is 0.339 e. The number of anilines is 1. The van der Waals surface area contributed by atoms with Crippen LogP contribution in [0.4, 0.5) is 5.69 Å². The molecule has 0 aliphatic carbocycles. The normalized spacial score (nSPS) is 16.9. The molecule has 7 heteroatoms. The van der Waals surface area contributed by atoms with Crippen molar-refractivity contribution in [3.8, 4) is 0 Å². The average Bonchev–Trinajstić information content (AvgIpc) is 2.95. The van der Waals surface area contributed by atoms with Gasteiger partial charge < -0.3 is 10.0 Å². The molecular formula is C21H25N5O2. The number of likely N-dealkylation sites (N-methyl/N-ethyl adjacent to an activating group) is 2. The Morgan fingerprint density at radius 3 is 2.71 bits per heavy atom. The lowest BCUT2D eigenvalue weighted by Crippen LogP contribution is -2.45. The van der Waals surface area contributed by atoms with Gasteiger partial charge in [0.25, 0.3) is 0 Å². The van der Waals surface area contributed by atoms with Crippen LogP contribution in [0.1, 0.15) is 27.2 Å². The molecule has 0 saturated carbocycles. The van der Waals surface area contributed by atoms with Crippen LogP contribution in [-0.4, -0.2) is 57.4 Å². The molecule has 7 nitrogen and oxygen atoms in total. The summed E-state index contributed by atoms with van der Waals surface area (Å²) in [6, 6.07) is 8.82. The summed E-state index contributed by atoms with van der Waals surface area (Å²) in [5.74, 6) is -0.971. The van der Waals surface area contributed by atoms with Gasteiger partial charge in [-0.15, -0.1) is 0 Å². The number of hydrogen-bond acceptors (Lipinski definition) is 5. The first-order valence-electron chi connectivity index (χ1n) is 9.40. The van der Waals surface area contributed by atoms with E-state index in [4.69, 9.17) is 0 Å². The maximum absolute atomic E-state index is 11.9. The molecule has 1 atom stereocenters. The Balaban J connectivity index is 1.72. The van der Waals surface area contributed by atoms with Gasteiger partial charge in [-0.25, -0.2) is 9.78 Å². The highest BCUT2D eigenvalue weighted by Crippen LogP contribution is 2.32. The van der Waals surface area contributed by atoms with Crippen LogP contribution in [0, 0.1) is 6.92 Å². The number of rotatable bonds is 4. The lowest BCUT2D eigenvalue weighted by Gasteiger charge is -2.37. The quantitative estimate of drug-likeness (QED) is 0.751. The smallest absolute Gasteiger partial charge is 0.339 e. The van der Waals surface area contributed by atoms with E-state index in [0.717, 1.165) is 30.6 Å². The fourth-order valence-electron chi connectivity index (χ4n) is 4.28. The highest BCUT2D eigenvalue weighted by Gasteiger charge is 2.27. The van der Waals surface area contributed by atoms with E-state index >= 15 is 0 Å². The van der Waals surface area contributed by atoms with Crippen LogP contribution in [0.15, 0.2) is 30.5 Å². The molecule has 0 amide bonds. The summed E-state index contributed by atoms with van der Waals surface area (Å²) < 4.78 is 1.70. The zero-order valence-corrected chi connectivity index (χ0v) is 16.7. The van der Waals surface area contributed by atoms with Crippen molar-refractivity contribution in [2.75, 3.05) is 25.5 Å². The lowest BCUT2D eigenvalue weighted by molar-refractivity contribution is 0.0697. The van der Waals surface area contributed by atoms with Gasteiger partial charge >= 0.3 is 5.97 Å². The largest absolute Gasteiger partial charge is 0.478 e. The van der Waals surface area contributed by atoms with Crippen LogP contribution >= 0.6 is 0 Å². The number of carbonyl (C=O) groups is 1. The minimum Gasteiger partial charge on any atom is -0.478 e. The summed E-state index contributed by atoms with van der Waals surface area (Å²) in [6.07, 6.45) is 2.39. The minimum atomic E-state index is -0.971. The van der Waals surface area contributed by atoms with Crippen molar-refractivity contribution in [2.24, 2.45) is 7.05 Å². The van der Waals surface area contributed by atoms with Gasteiger partial charge in [0.15, 0.2) is 5.65 Å². The van der Waals surface area contributed by atoms with E-state index in [1.54, 1.807) is 4.68 Å². The molecule has 3 heterocycles. The van der Waals surface area contributed by atoms with E-state index < -0.39 is 5.97 Å². The molecule has 0 bridgehead atoms. The van der Waals surface area contributed by atoms with Crippen molar-refractivity contribution in [3.05, 3.63) is 52.8 Å². The lowest BCUT2D eigenvalue weighted by atomic mass is 9.94. The second-order valence-corrected chi connectivity index (χ2v) is 7.66. The number of nitrogens with zero attached hydrogens (tertiary/aromatic N) is 5. The molecule has 1 N–H and O–H groups in total. The molecule has 28 heavy (non-hydrogen) atoms. The van der Waals surface area contributed by atoms with Gasteiger partial charge in [0.1, 0.15) is 5.56 Å². The molecule has 1 aromatic carbocycles. The predicted molar refractivity (Wildman–Crippen MR) is 109 cm³/mol. The molecule has 1 unspecified atom stereocenters. The van der Waals surface area contributed by atoms with Crippen LogP contribution in [0.3, 0.4) is 0 Å². The van der Waals surface area contributed by atoms with Crippen molar-refractivity contribution in [1.29, 1.82) is 0 Å². The van der Waals surface area contributed by atoms with Crippen molar-refractivity contribution >= 4 is 22.7 Å². The number of pyridine rings is 1. The Morgan fingerprint density at radius 1 is 1.29 bits per heavy atom. The summed E-state index contributed by atoms with van der Waals surface area (Å²) in [7, 11) is 5.92. The highest BCUT2D eigenvalue weighted by atomic mass is 16.4. The van der Waals surface area contributed by atoms with E-state index in [1.165, 1.54) is 17.3 Å². The third-order valence-corrected chi connectivity index (χ3v) is 5.71. The Labute approximate surface area is 164 Å². The van der Waals surface area contributed by atoms with Gasteiger partial charge in [0.2, 0.25) is 0 Å². The van der Waals surface area contributed by atoms with Crippen LogP contribution in [0.2, 0.25) is 0 Å². The third-order valence-electron chi connectivity index (χ3n) is 5.71. The van der Waals surface area contributed by atoms with Gasteiger partial charge in [0, 0.05) is 39.4 Å². The standard InChI is InChI=1S/C21H25N5O2/c1-13-18-19(17(21(27)28)10-22-20(18)26(4)23-13)25(3)12-16-9-14-7-5-6-8-15(14)11-24(16)2/h5-8,10,16H,9,11-12H2,1-4H3,(H,27,28). The molecule has 4 rings (SSSR count). The van der Waals surface area contributed by atoms with Crippen molar-refractivity contribution < 1.29 is 9.90 Å². The highest BCUT2D eigenvalue weighted by molar-refractivity contribution is 6.04. The number of aromatic carboxylic acids is 1. The summed E-state index contributed by atoms with van der Waals surface area (Å²) in [6.45, 7) is 3.52. The van der Waals surface area contributed by atoms with Gasteiger partial charge in [-0.1, -0.05) is 24.3 Å². The SMILES string of the molecule is Cc1nn(C)c2ncc(C(=O)O)c(N(C)CC3Cc4ccccc4CN3C)c12. The van der Waals surface area contributed by atoms with Gasteiger partial charge in [-0.3, -0.25) is 9.58 Å². The molecule has 0 fully saturated rings. The maximum atomic E-state index is 11.9. The van der Waals surface area contributed by atoms with Crippen LogP contribution < -0.4 is 4.90 Å². The number of carboxylic acids is 1. The molecule has 0 saturated heterocycles.